The van der Waals surface area contributed by atoms with Gasteiger partial charge in [0.2, 0.25) is 0 Å². The molecule has 0 fully saturated rings. The van der Waals surface area contributed by atoms with Crippen molar-refractivity contribution in [3.05, 3.63) is 18.2 Å². The van der Waals surface area contributed by atoms with E-state index in [1.807, 2.05) is 19.9 Å². The lowest BCUT2D eigenvalue weighted by Gasteiger charge is -1.94. The van der Waals surface area contributed by atoms with Crippen LogP contribution in [0.25, 0.3) is 11.2 Å². The second kappa shape index (κ2) is 6.12. The summed E-state index contributed by atoms with van der Waals surface area (Å²) >= 11 is 0. The first-order valence-corrected chi connectivity index (χ1v) is 5.25. The molecule has 16 heavy (non-hydrogen) atoms. The van der Waals surface area contributed by atoms with Crippen LogP contribution in [0.1, 0.15) is 20.8 Å². The molecule has 4 heteroatoms. The molecule has 0 aliphatic heterocycles. The number of rotatable bonds is 3. The SMILES string of the molecule is CC(=O)Oc1cc2ccc1o2.CCOCC. The Morgan fingerprint density at radius 2 is 2.00 bits per heavy atom. The third-order valence-electron chi connectivity index (χ3n) is 1.80. The average Bonchev–Trinajstić information content (AvgIpc) is 2.80. The molecule has 0 aromatic carbocycles. The summed E-state index contributed by atoms with van der Waals surface area (Å²) in [6.07, 6.45) is 0. The minimum atomic E-state index is -0.325. The lowest BCUT2D eigenvalue weighted by molar-refractivity contribution is -0.131. The fourth-order valence-electron chi connectivity index (χ4n) is 1.20. The summed E-state index contributed by atoms with van der Waals surface area (Å²) in [5.41, 5.74) is 1.35. The standard InChI is InChI=1S/C8H6O3.C4H10O/c1-5(9)10-8-4-6-2-3-7(8)11-6;1-3-5-4-2/h2-4H,1H3;3-4H2,1-2H3. The Balaban J connectivity index is 0.000000221. The van der Waals surface area contributed by atoms with Gasteiger partial charge in [0.25, 0.3) is 0 Å². The van der Waals surface area contributed by atoms with E-state index in [9.17, 15) is 4.79 Å². The molecule has 0 saturated heterocycles. The summed E-state index contributed by atoms with van der Waals surface area (Å²) in [6.45, 7) is 7.03. The van der Waals surface area contributed by atoms with E-state index in [0.717, 1.165) is 18.8 Å². The highest BCUT2D eigenvalue weighted by Gasteiger charge is 2.08. The highest BCUT2D eigenvalue weighted by Crippen LogP contribution is 2.28. The predicted octanol–water partition coefficient (Wildman–Crippen LogP) is 2.84. The molecule has 2 bridgehead atoms. The van der Waals surface area contributed by atoms with Crippen LogP contribution in [0, 0.1) is 0 Å². The van der Waals surface area contributed by atoms with Crippen LogP contribution in [-0.2, 0) is 9.53 Å². The fourth-order valence-corrected chi connectivity index (χ4v) is 1.20. The van der Waals surface area contributed by atoms with Crippen molar-refractivity contribution in [1.82, 2.24) is 0 Å². The van der Waals surface area contributed by atoms with Crippen LogP contribution in [0.4, 0.5) is 0 Å². The molecule has 0 N–H and O–H groups in total. The van der Waals surface area contributed by atoms with Crippen molar-refractivity contribution < 1.29 is 18.7 Å². The van der Waals surface area contributed by atoms with Gasteiger partial charge in [0.1, 0.15) is 5.58 Å². The van der Waals surface area contributed by atoms with Crippen molar-refractivity contribution in [2.24, 2.45) is 0 Å². The van der Waals surface area contributed by atoms with Crippen LogP contribution < -0.4 is 4.74 Å². The van der Waals surface area contributed by atoms with E-state index < -0.39 is 0 Å². The molecule has 2 aromatic heterocycles. The van der Waals surface area contributed by atoms with Crippen LogP contribution in [-0.4, -0.2) is 19.2 Å². The second-order valence-electron chi connectivity index (χ2n) is 3.09. The number of hydrogen-bond acceptors (Lipinski definition) is 4. The van der Waals surface area contributed by atoms with E-state index in [1.165, 1.54) is 6.92 Å². The normalized spacial score (nSPS) is 9.94. The molecule has 2 rings (SSSR count). The highest BCUT2D eigenvalue weighted by molar-refractivity contribution is 5.77. The number of benzene rings is 1. The summed E-state index contributed by atoms with van der Waals surface area (Å²) < 4.78 is 14.8. The highest BCUT2D eigenvalue weighted by atomic mass is 16.5. The van der Waals surface area contributed by atoms with Crippen LogP contribution >= 0.6 is 0 Å². The minimum Gasteiger partial charge on any atom is -0.453 e. The molecule has 0 spiro atoms. The van der Waals surface area contributed by atoms with Gasteiger partial charge in [-0.1, -0.05) is 0 Å². The molecule has 0 saturated carbocycles. The van der Waals surface area contributed by atoms with Crippen LogP contribution in [0.2, 0.25) is 0 Å². The zero-order valence-electron chi connectivity index (χ0n) is 9.78. The van der Waals surface area contributed by atoms with Crippen molar-refractivity contribution in [3.8, 4) is 5.75 Å². The van der Waals surface area contributed by atoms with E-state index in [2.05, 4.69) is 0 Å². The molecule has 2 heterocycles. The molecule has 0 atom stereocenters. The van der Waals surface area contributed by atoms with Crippen molar-refractivity contribution in [1.29, 1.82) is 0 Å². The molecule has 4 nitrogen and oxygen atoms in total. The molecular formula is C12H16O4. The third-order valence-corrected chi connectivity index (χ3v) is 1.80. The number of furan rings is 2. The second-order valence-corrected chi connectivity index (χ2v) is 3.09. The minimum absolute atomic E-state index is 0.325. The Hall–Kier alpha value is -1.55. The van der Waals surface area contributed by atoms with Gasteiger partial charge in [-0.2, -0.15) is 0 Å². The first-order chi connectivity index (χ1) is 7.67. The number of esters is 1. The quantitative estimate of drug-likeness (QED) is 0.594. The molecule has 0 unspecified atom stereocenters. The van der Waals surface area contributed by atoms with E-state index in [1.54, 1.807) is 12.1 Å². The molecule has 0 aliphatic carbocycles. The average molecular weight is 224 g/mol. The van der Waals surface area contributed by atoms with Crippen LogP contribution in [0.3, 0.4) is 0 Å². The van der Waals surface area contributed by atoms with Crippen molar-refractivity contribution in [3.63, 3.8) is 0 Å². The first-order valence-electron chi connectivity index (χ1n) is 5.25. The Labute approximate surface area is 94.5 Å². The maximum Gasteiger partial charge on any atom is 0.308 e. The maximum absolute atomic E-state index is 10.5. The van der Waals surface area contributed by atoms with Crippen molar-refractivity contribution in [2.75, 3.05) is 13.2 Å². The Kier molecular flexibility index (Phi) is 4.79. The van der Waals surface area contributed by atoms with Crippen molar-refractivity contribution >= 4 is 17.1 Å². The lowest BCUT2D eigenvalue weighted by Crippen LogP contribution is -2.00. The molecule has 88 valence electrons. The summed E-state index contributed by atoms with van der Waals surface area (Å²) in [5.74, 6) is 0.184. The smallest absolute Gasteiger partial charge is 0.308 e. The summed E-state index contributed by atoms with van der Waals surface area (Å²) in [7, 11) is 0. The summed E-state index contributed by atoms with van der Waals surface area (Å²) in [4.78, 5) is 10.5. The topological polar surface area (TPSA) is 48.7 Å². The number of hydrogen-bond donors (Lipinski definition) is 0. The predicted molar refractivity (Wildman–Crippen MR) is 60.9 cm³/mol. The van der Waals surface area contributed by atoms with Gasteiger partial charge >= 0.3 is 5.97 Å². The van der Waals surface area contributed by atoms with E-state index in [4.69, 9.17) is 13.9 Å². The van der Waals surface area contributed by atoms with Gasteiger partial charge < -0.3 is 13.9 Å². The Bertz CT molecular complexity index is 416. The molecular weight excluding hydrogens is 208 g/mol. The first kappa shape index (κ1) is 12.5. The number of carbonyl (C=O) groups excluding carboxylic acids is 1. The number of ether oxygens (including phenoxy) is 2. The number of fused-ring (bicyclic) bond motifs is 2. The Morgan fingerprint density at radius 3 is 2.31 bits per heavy atom. The third kappa shape index (κ3) is 3.55. The zero-order chi connectivity index (χ0) is 12.0. The zero-order valence-corrected chi connectivity index (χ0v) is 9.78. The van der Waals surface area contributed by atoms with Gasteiger partial charge in [0.05, 0.1) is 0 Å². The monoisotopic (exact) mass is 224 g/mol. The van der Waals surface area contributed by atoms with Crippen LogP contribution in [0.5, 0.6) is 5.75 Å². The van der Waals surface area contributed by atoms with E-state index in [-0.39, 0.29) is 5.97 Å². The van der Waals surface area contributed by atoms with Gasteiger partial charge in [-0.3, -0.25) is 4.79 Å². The van der Waals surface area contributed by atoms with Gasteiger partial charge in [-0.05, 0) is 26.0 Å². The maximum atomic E-state index is 10.5. The van der Waals surface area contributed by atoms with Crippen LogP contribution in [0.15, 0.2) is 22.6 Å². The van der Waals surface area contributed by atoms with Gasteiger partial charge in [0, 0.05) is 26.2 Å². The largest absolute Gasteiger partial charge is 0.453 e. The summed E-state index contributed by atoms with van der Waals surface area (Å²) in [5, 5.41) is 0. The van der Waals surface area contributed by atoms with Gasteiger partial charge in [-0.15, -0.1) is 0 Å². The molecule has 0 aliphatic rings. The van der Waals surface area contributed by atoms with E-state index >= 15 is 0 Å². The van der Waals surface area contributed by atoms with E-state index in [0.29, 0.717) is 11.3 Å². The molecule has 0 radical (unpaired) electrons. The van der Waals surface area contributed by atoms with Crippen molar-refractivity contribution in [2.45, 2.75) is 20.8 Å². The lowest BCUT2D eigenvalue weighted by atomic mass is 10.3. The fraction of sp³-hybridized carbons (Fsp3) is 0.417. The molecule has 0 amide bonds. The Morgan fingerprint density at radius 1 is 1.31 bits per heavy atom. The van der Waals surface area contributed by atoms with Gasteiger partial charge in [0.15, 0.2) is 11.3 Å². The number of carbonyl (C=O) groups is 1. The van der Waals surface area contributed by atoms with Gasteiger partial charge in [-0.25, -0.2) is 0 Å². The molecule has 2 aromatic rings. The summed E-state index contributed by atoms with van der Waals surface area (Å²) in [6, 6.07) is 5.28.